The lowest BCUT2D eigenvalue weighted by Gasteiger charge is -2.09. The van der Waals surface area contributed by atoms with Crippen molar-refractivity contribution in [2.45, 2.75) is 26.7 Å². The molecule has 0 N–H and O–H groups in total. The van der Waals surface area contributed by atoms with Crippen LogP contribution in [0.4, 0.5) is 14.5 Å². The maximum atomic E-state index is 12.9. The van der Waals surface area contributed by atoms with E-state index in [4.69, 9.17) is 0 Å². The fourth-order valence-corrected chi connectivity index (χ4v) is 1.60. The van der Waals surface area contributed by atoms with Gasteiger partial charge in [0.1, 0.15) is 11.3 Å². The lowest BCUT2D eigenvalue weighted by molar-refractivity contribution is -0.387. The first kappa shape index (κ1) is 14.9. The molecule has 0 aliphatic rings. The van der Waals surface area contributed by atoms with E-state index in [1.807, 2.05) is 0 Å². The minimum atomic E-state index is -3.01. The molecule has 1 aromatic rings. The molecule has 6 nitrogen and oxygen atoms in total. The van der Waals surface area contributed by atoms with Crippen molar-refractivity contribution in [3.05, 3.63) is 33.1 Å². The van der Waals surface area contributed by atoms with Crippen molar-refractivity contribution in [2.75, 3.05) is 6.61 Å². The van der Waals surface area contributed by atoms with E-state index in [2.05, 4.69) is 9.72 Å². The molecule has 0 saturated heterocycles. The molecule has 1 rings (SSSR count). The van der Waals surface area contributed by atoms with E-state index >= 15 is 0 Å². The van der Waals surface area contributed by atoms with Gasteiger partial charge in [-0.25, -0.2) is 8.78 Å². The molecule has 0 aromatic carbocycles. The molecular weight excluding hydrogens is 262 g/mol. The fourth-order valence-electron chi connectivity index (χ4n) is 1.60. The number of nitrogens with zero attached hydrogens (tertiary/aromatic N) is 2. The molecule has 0 bridgehead atoms. The predicted octanol–water partition coefficient (Wildman–Crippen LogP) is 2.34. The third-order valence-electron chi connectivity index (χ3n) is 2.39. The predicted molar refractivity (Wildman–Crippen MR) is 60.9 cm³/mol. The van der Waals surface area contributed by atoms with Gasteiger partial charge in [-0.2, -0.15) is 0 Å². The molecule has 19 heavy (non-hydrogen) atoms. The Bertz CT molecular complexity index is 506. The Labute approximate surface area is 107 Å². The van der Waals surface area contributed by atoms with Crippen molar-refractivity contribution in [1.29, 1.82) is 0 Å². The number of pyridine rings is 1. The SMILES string of the molecule is CCOC(=O)Cc1ncc(C)c(C(F)F)c1[N+](=O)[O-]. The summed E-state index contributed by atoms with van der Waals surface area (Å²) in [6, 6.07) is 0. The molecular formula is C11H12F2N2O4. The van der Waals surface area contributed by atoms with Gasteiger partial charge in [-0.15, -0.1) is 0 Å². The number of nitro groups is 1. The average molecular weight is 274 g/mol. The number of hydrogen-bond donors (Lipinski definition) is 0. The van der Waals surface area contributed by atoms with Crippen LogP contribution in [-0.2, 0) is 16.0 Å². The number of esters is 1. The first-order valence-corrected chi connectivity index (χ1v) is 5.45. The minimum absolute atomic E-state index is 0.00862. The van der Waals surface area contributed by atoms with E-state index in [0.29, 0.717) is 0 Å². The van der Waals surface area contributed by atoms with Crippen LogP contribution in [0.25, 0.3) is 0 Å². The number of carbonyl (C=O) groups is 1. The maximum absolute atomic E-state index is 12.9. The van der Waals surface area contributed by atoms with Gasteiger partial charge < -0.3 is 4.74 Å². The van der Waals surface area contributed by atoms with Gasteiger partial charge in [-0.05, 0) is 19.4 Å². The number of halogens is 2. The summed E-state index contributed by atoms with van der Waals surface area (Å²) in [6.45, 7) is 2.97. The second-order valence-corrected chi connectivity index (χ2v) is 3.69. The lowest BCUT2D eigenvalue weighted by Crippen LogP contribution is -2.13. The van der Waals surface area contributed by atoms with Gasteiger partial charge in [-0.3, -0.25) is 19.9 Å². The van der Waals surface area contributed by atoms with Gasteiger partial charge >= 0.3 is 5.97 Å². The van der Waals surface area contributed by atoms with Gasteiger partial charge in [0, 0.05) is 6.20 Å². The molecule has 0 amide bonds. The number of aromatic nitrogens is 1. The van der Waals surface area contributed by atoms with Crippen molar-refractivity contribution in [1.82, 2.24) is 4.98 Å². The zero-order chi connectivity index (χ0) is 14.6. The van der Waals surface area contributed by atoms with E-state index in [0.717, 1.165) is 6.20 Å². The van der Waals surface area contributed by atoms with Crippen LogP contribution in [0, 0.1) is 17.0 Å². The molecule has 8 heteroatoms. The number of hydrogen-bond acceptors (Lipinski definition) is 5. The molecule has 0 unspecified atom stereocenters. The van der Waals surface area contributed by atoms with E-state index < -0.39 is 35.0 Å². The first-order chi connectivity index (χ1) is 8.88. The van der Waals surface area contributed by atoms with Gasteiger partial charge in [0.2, 0.25) is 0 Å². The molecule has 104 valence electrons. The second-order valence-electron chi connectivity index (χ2n) is 3.69. The molecule has 0 aliphatic carbocycles. The molecule has 0 fully saturated rings. The Morgan fingerprint density at radius 2 is 2.21 bits per heavy atom. The summed E-state index contributed by atoms with van der Waals surface area (Å²) in [7, 11) is 0. The van der Waals surface area contributed by atoms with Crippen LogP contribution in [-0.4, -0.2) is 22.5 Å². The van der Waals surface area contributed by atoms with Crippen LogP contribution in [0.2, 0.25) is 0 Å². The molecule has 0 spiro atoms. The quantitative estimate of drug-likeness (QED) is 0.467. The Balaban J connectivity index is 3.28. The van der Waals surface area contributed by atoms with E-state index in [1.54, 1.807) is 6.92 Å². The van der Waals surface area contributed by atoms with Crippen molar-refractivity contribution in [3.8, 4) is 0 Å². The molecule has 1 aromatic heterocycles. The molecule has 0 aliphatic heterocycles. The van der Waals surface area contributed by atoms with E-state index in [1.165, 1.54) is 6.92 Å². The summed E-state index contributed by atoms with van der Waals surface area (Å²) >= 11 is 0. The van der Waals surface area contributed by atoms with Crippen LogP contribution >= 0.6 is 0 Å². The first-order valence-electron chi connectivity index (χ1n) is 5.45. The third-order valence-corrected chi connectivity index (χ3v) is 2.39. The Kier molecular flexibility index (Phi) is 4.85. The van der Waals surface area contributed by atoms with Gasteiger partial charge in [0.25, 0.3) is 12.1 Å². The van der Waals surface area contributed by atoms with E-state index in [9.17, 15) is 23.7 Å². The number of ether oxygens (including phenoxy) is 1. The number of carbonyl (C=O) groups excluding carboxylic acids is 1. The van der Waals surface area contributed by atoms with E-state index in [-0.39, 0.29) is 17.9 Å². The summed E-state index contributed by atoms with van der Waals surface area (Å²) in [5.41, 5.74) is -1.83. The fraction of sp³-hybridized carbons (Fsp3) is 0.455. The Morgan fingerprint density at radius 1 is 1.58 bits per heavy atom. The highest BCUT2D eigenvalue weighted by molar-refractivity contribution is 5.74. The summed E-state index contributed by atoms with van der Waals surface area (Å²) in [6.07, 6.45) is -2.43. The maximum Gasteiger partial charge on any atom is 0.312 e. The highest BCUT2D eigenvalue weighted by Crippen LogP contribution is 2.33. The largest absolute Gasteiger partial charge is 0.466 e. The lowest BCUT2D eigenvalue weighted by atomic mass is 10.1. The van der Waals surface area contributed by atoms with Gasteiger partial charge in [0.15, 0.2) is 0 Å². The van der Waals surface area contributed by atoms with Crippen molar-refractivity contribution in [2.24, 2.45) is 0 Å². The monoisotopic (exact) mass is 274 g/mol. The van der Waals surface area contributed by atoms with Crippen LogP contribution in [0.1, 0.15) is 30.2 Å². The van der Waals surface area contributed by atoms with Crippen molar-refractivity contribution >= 4 is 11.7 Å². The average Bonchev–Trinajstić information content (AvgIpc) is 2.30. The molecule has 0 saturated carbocycles. The summed E-state index contributed by atoms with van der Waals surface area (Å²) in [4.78, 5) is 24.9. The Hall–Kier alpha value is -2.12. The highest BCUT2D eigenvalue weighted by Gasteiger charge is 2.30. The molecule has 0 radical (unpaired) electrons. The summed E-state index contributed by atoms with van der Waals surface area (Å²) in [5.74, 6) is -0.748. The normalized spacial score (nSPS) is 10.6. The van der Waals surface area contributed by atoms with Gasteiger partial charge in [0.05, 0.1) is 18.0 Å². The number of alkyl halides is 2. The zero-order valence-corrected chi connectivity index (χ0v) is 10.4. The Morgan fingerprint density at radius 3 is 2.68 bits per heavy atom. The second kappa shape index (κ2) is 6.17. The van der Waals surface area contributed by atoms with Crippen LogP contribution in [0.5, 0.6) is 0 Å². The topological polar surface area (TPSA) is 82.3 Å². The van der Waals surface area contributed by atoms with Crippen molar-refractivity contribution in [3.63, 3.8) is 0 Å². The highest BCUT2D eigenvalue weighted by atomic mass is 19.3. The summed E-state index contributed by atoms with van der Waals surface area (Å²) in [5, 5.41) is 10.9. The van der Waals surface area contributed by atoms with Crippen LogP contribution in [0.3, 0.4) is 0 Å². The smallest absolute Gasteiger partial charge is 0.312 e. The zero-order valence-electron chi connectivity index (χ0n) is 10.4. The standard InChI is InChI=1S/C11H12F2N2O4/c1-3-19-8(16)4-7-10(15(17)18)9(11(12)13)6(2)5-14-7/h5,11H,3-4H2,1-2H3. The number of rotatable bonds is 5. The van der Waals surface area contributed by atoms with Crippen molar-refractivity contribution < 1.29 is 23.2 Å². The summed E-state index contributed by atoms with van der Waals surface area (Å²) < 4.78 is 30.4. The number of aryl methyl sites for hydroxylation is 1. The minimum Gasteiger partial charge on any atom is -0.466 e. The molecule has 1 heterocycles. The van der Waals surface area contributed by atoms with Crippen LogP contribution in [0.15, 0.2) is 6.20 Å². The van der Waals surface area contributed by atoms with Gasteiger partial charge in [-0.1, -0.05) is 0 Å². The van der Waals surface area contributed by atoms with Crippen LogP contribution < -0.4 is 0 Å². The third kappa shape index (κ3) is 3.43. The molecule has 0 atom stereocenters.